The number of anilines is 1. The highest BCUT2D eigenvalue weighted by Gasteiger charge is 2.26. The molecule has 0 aromatic heterocycles. The topological polar surface area (TPSA) is 54.5 Å². The molecular weight excluding hydrogens is 345 g/mol. The summed E-state index contributed by atoms with van der Waals surface area (Å²) >= 11 is 11.2. The van der Waals surface area contributed by atoms with Crippen molar-refractivity contribution in [2.24, 2.45) is 0 Å². The SMILES string of the molecule is Cc1ccc(N(CC(=O)Cl)S(=O)(=O)c2ccc(Cl)cc2)cc1. The first-order valence-electron chi connectivity index (χ1n) is 6.34. The number of rotatable bonds is 5. The van der Waals surface area contributed by atoms with Crippen LogP contribution in [0.3, 0.4) is 0 Å². The van der Waals surface area contributed by atoms with Gasteiger partial charge in [-0.2, -0.15) is 0 Å². The molecule has 0 aliphatic rings. The molecule has 4 nitrogen and oxygen atoms in total. The highest BCUT2D eigenvalue weighted by molar-refractivity contribution is 7.92. The molecule has 0 amide bonds. The van der Waals surface area contributed by atoms with Crippen LogP contribution < -0.4 is 4.31 Å². The molecule has 0 aliphatic heterocycles. The van der Waals surface area contributed by atoms with Gasteiger partial charge in [0, 0.05) is 5.02 Å². The molecule has 0 atom stereocenters. The van der Waals surface area contributed by atoms with Crippen LogP contribution in [0.2, 0.25) is 5.02 Å². The highest BCUT2D eigenvalue weighted by Crippen LogP contribution is 2.25. The molecule has 116 valence electrons. The van der Waals surface area contributed by atoms with Crippen LogP contribution in [-0.4, -0.2) is 20.2 Å². The fourth-order valence-corrected chi connectivity index (χ4v) is 3.61. The monoisotopic (exact) mass is 357 g/mol. The van der Waals surface area contributed by atoms with Gasteiger partial charge >= 0.3 is 0 Å². The minimum Gasteiger partial charge on any atom is -0.279 e. The van der Waals surface area contributed by atoms with E-state index in [0.717, 1.165) is 9.87 Å². The van der Waals surface area contributed by atoms with Crippen LogP contribution in [0.4, 0.5) is 5.69 Å². The van der Waals surface area contributed by atoms with Crippen molar-refractivity contribution in [3.8, 4) is 0 Å². The normalized spacial score (nSPS) is 11.2. The minimum absolute atomic E-state index is 0.0374. The molecule has 22 heavy (non-hydrogen) atoms. The van der Waals surface area contributed by atoms with E-state index in [1.54, 1.807) is 24.3 Å². The number of carbonyl (C=O) groups excluding carboxylic acids is 1. The molecule has 2 rings (SSSR count). The average molecular weight is 358 g/mol. The molecule has 0 aliphatic carbocycles. The second-order valence-electron chi connectivity index (χ2n) is 4.66. The molecule has 2 aromatic carbocycles. The van der Waals surface area contributed by atoms with Crippen LogP contribution in [0, 0.1) is 6.92 Å². The molecule has 0 bridgehead atoms. The molecule has 7 heteroatoms. The quantitative estimate of drug-likeness (QED) is 0.768. The van der Waals surface area contributed by atoms with Gasteiger partial charge in [0.2, 0.25) is 5.24 Å². The van der Waals surface area contributed by atoms with Crippen molar-refractivity contribution >= 4 is 44.2 Å². The van der Waals surface area contributed by atoms with Crippen molar-refractivity contribution in [1.29, 1.82) is 0 Å². The zero-order valence-corrected chi connectivity index (χ0v) is 14.0. The maximum absolute atomic E-state index is 12.7. The van der Waals surface area contributed by atoms with Gasteiger partial charge in [-0.05, 0) is 54.9 Å². The van der Waals surface area contributed by atoms with Gasteiger partial charge in [0.05, 0.1) is 10.6 Å². The first-order valence-corrected chi connectivity index (χ1v) is 8.53. The lowest BCUT2D eigenvalue weighted by Crippen LogP contribution is -2.34. The van der Waals surface area contributed by atoms with Gasteiger partial charge in [0.25, 0.3) is 10.0 Å². The number of carbonyl (C=O) groups is 1. The van der Waals surface area contributed by atoms with E-state index in [9.17, 15) is 13.2 Å². The molecule has 0 saturated carbocycles. The summed E-state index contributed by atoms with van der Waals surface area (Å²) < 4.78 is 26.5. The summed E-state index contributed by atoms with van der Waals surface area (Å²) in [5, 5.41) is -0.340. The molecule has 0 unspecified atom stereocenters. The number of hydrogen-bond acceptors (Lipinski definition) is 3. The molecule has 0 N–H and O–H groups in total. The Morgan fingerprint density at radius 1 is 1.05 bits per heavy atom. The molecule has 0 spiro atoms. The zero-order valence-electron chi connectivity index (χ0n) is 11.7. The number of aryl methyl sites for hydroxylation is 1. The Morgan fingerprint density at radius 3 is 2.09 bits per heavy atom. The van der Waals surface area contributed by atoms with Crippen molar-refractivity contribution in [3.63, 3.8) is 0 Å². The zero-order chi connectivity index (χ0) is 16.3. The van der Waals surface area contributed by atoms with Gasteiger partial charge in [-0.25, -0.2) is 8.42 Å². The molecular formula is C15H13Cl2NO3S. The number of sulfonamides is 1. The molecule has 0 heterocycles. The summed E-state index contributed by atoms with van der Waals surface area (Å²) in [6, 6.07) is 12.5. The predicted molar refractivity (Wildman–Crippen MR) is 88.0 cm³/mol. The van der Waals surface area contributed by atoms with Crippen LogP contribution in [0.5, 0.6) is 0 Å². The fraction of sp³-hybridized carbons (Fsp3) is 0.133. The van der Waals surface area contributed by atoms with E-state index in [1.807, 2.05) is 6.92 Å². The lowest BCUT2D eigenvalue weighted by atomic mass is 10.2. The number of hydrogen-bond donors (Lipinski definition) is 0. The summed E-state index contributed by atoms with van der Waals surface area (Å²) in [7, 11) is -3.91. The van der Waals surface area contributed by atoms with Crippen LogP contribution in [0.1, 0.15) is 5.56 Å². The van der Waals surface area contributed by atoms with Gasteiger partial charge < -0.3 is 0 Å². The van der Waals surface area contributed by atoms with Crippen LogP contribution >= 0.6 is 23.2 Å². The standard InChI is InChI=1S/C15H13Cl2NO3S/c1-11-2-6-13(7-3-11)18(10-15(17)19)22(20,21)14-8-4-12(16)5-9-14/h2-9H,10H2,1H3. The summed E-state index contributed by atoms with van der Waals surface area (Å²) in [4.78, 5) is 11.3. The number of halogens is 2. The van der Waals surface area contributed by atoms with Gasteiger partial charge in [0.15, 0.2) is 0 Å². The summed E-state index contributed by atoms with van der Waals surface area (Å²) in [5.41, 5.74) is 1.35. The minimum atomic E-state index is -3.91. The molecule has 2 aromatic rings. The summed E-state index contributed by atoms with van der Waals surface area (Å²) in [6.07, 6.45) is 0. The maximum atomic E-state index is 12.7. The number of benzene rings is 2. The van der Waals surface area contributed by atoms with Crippen LogP contribution in [0.25, 0.3) is 0 Å². The Balaban J connectivity index is 2.50. The second-order valence-corrected chi connectivity index (χ2v) is 7.38. The third-order valence-corrected chi connectivity index (χ3v) is 5.15. The fourth-order valence-electron chi connectivity index (χ4n) is 1.87. The van der Waals surface area contributed by atoms with E-state index in [-0.39, 0.29) is 4.90 Å². The molecule has 0 saturated heterocycles. The van der Waals surface area contributed by atoms with E-state index in [1.165, 1.54) is 24.3 Å². The smallest absolute Gasteiger partial charge is 0.264 e. The van der Waals surface area contributed by atoms with Crippen molar-refractivity contribution in [2.75, 3.05) is 10.8 Å². The summed E-state index contributed by atoms with van der Waals surface area (Å²) in [6.45, 7) is 1.43. The maximum Gasteiger partial charge on any atom is 0.264 e. The van der Waals surface area contributed by atoms with Crippen molar-refractivity contribution in [2.45, 2.75) is 11.8 Å². The van der Waals surface area contributed by atoms with Crippen molar-refractivity contribution < 1.29 is 13.2 Å². The Bertz CT molecular complexity index is 771. The second kappa shape index (κ2) is 6.69. The third-order valence-electron chi connectivity index (χ3n) is 2.99. The van der Waals surface area contributed by atoms with Crippen LogP contribution in [-0.2, 0) is 14.8 Å². The Kier molecular flexibility index (Phi) is 5.11. The van der Waals surface area contributed by atoms with Gasteiger partial charge in [-0.3, -0.25) is 9.10 Å². The Hall–Kier alpha value is -1.56. The van der Waals surface area contributed by atoms with Crippen molar-refractivity contribution in [3.05, 3.63) is 59.1 Å². The van der Waals surface area contributed by atoms with E-state index >= 15 is 0 Å². The Labute approximate surface area is 139 Å². The van der Waals surface area contributed by atoms with Crippen LogP contribution in [0.15, 0.2) is 53.4 Å². The molecule has 0 fully saturated rings. The van der Waals surface area contributed by atoms with E-state index in [4.69, 9.17) is 23.2 Å². The predicted octanol–water partition coefficient (Wildman–Crippen LogP) is 3.61. The largest absolute Gasteiger partial charge is 0.279 e. The number of nitrogens with zero attached hydrogens (tertiary/aromatic N) is 1. The average Bonchev–Trinajstić information content (AvgIpc) is 2.46. The third kappa shape index (κ3) is 3.80. The first-order chi connectivity index (χ1) is 10.3. The van der Waals surface area contributed by atoms with Gasteiger partial charge in [-0.1, -0.05) is 29.3 Å². The Morgan fingerprint density at radius 2 is 1.59 bits per heavy atom. The lowest BCUT2D eigenvalue weighted by molar-refractivity contribution is -0.110. The van der Waals surface area contributed by atoms with Gasteiger partial charge in [-0.15, -0.1) is 0 Å². The summed E-state index contributed by atoms with van der Waals surface area (Å²) in [5.74, 6) is 0. The van der Waals surface area contributed by atoms with E-state index in [2.05, 4.69) is 0 Å². The highest BCUT2D eigenvalue weighted by atomic mass is 35.5. The van der Waals surface area contributed by atoms with Gasteiger partial charge in [0.1, 0.15) is 6.54 Å². The van der Waals surface area contributed by atoms with E-state index in [0.29, 0.717) is 10.7 Å². The molecule has 0 radical (unpaired) electrons. The lowest BCUT2D eigenvalue weighted by Gasteiger charge is -2.23. The van der Waals surface area contributed by atoms with Crippen molar-refractivity contribution in [1.82, 2.24) is 0 Å². The first kappa shape index (κ1) is 16.8. The van der Waals surface area contributed by atoms with E-state index < -0.39 is 21.8 Å².